The molecule has 0 unspecified atom stereocenters. The number of anilines is 2. The standard InChI is InChI=1S/C18H18ClN3O2/c19-14-6-3-12(4-7-14)18(24)21-15-11-13(17(20)23)5-8-16(15)22-9-1-2-10-22/h3-8,11H,1-2,9-10H2,(H2,20,23)(H,21,24). The Hall–Kier alpha value is -2.53. The molecule has 1 aliphatic rings. The monoisotopic (exact) mass is 343 g/mol. The fourth-order valence-electron chi connectivity index (χ4n) is 2.82. The molecular formula is C18H18ClN3O2. The van der Waals surface area contributed by atoms with Crippen molar-refractivity contribution in [2.45, 2.75) is 12.8 Å². The zero-order chi connectivity index (χ0) is 17.1. The highest BCUT2D eigenvalue weighted by molar-refractivity contribution is 6.30. The number of nitrogens with one attached hydrogen (secondary N) is 1. The van der Waals surface area contributed by atoms with Gasteiger partial charge in [0.15, 0.2) is 0 Å². The fraction of sp³-hybridized carbons (Fsp3) is 0.222. The highest BCUT2D eigenvalue weighted by Crippen LogP contribution is 2.30. The van der Waals surface area contributed by atoms with Gasteiger partial charge in [-0.3, -0.25) is 9.59 Å². The van der Waals surface area contributed by atoms with Crippen LogP contribution in [-0.2, 0) is 0 Å². The highest BCUT2D eigenvalue weighted by Gasteiger charge is 2.18. The van der Waals surface area contributed by atoms with E-state index in [4.69, 9.17) is 17.3 Å². The van der Waals surface area contributed by atoms with Gasteiger partial charge in [-0.2, -0.15) is 0 Å². The van der Waals surface area contributed by atoms with Gasteiger partial charge < -0.3 is 16.0 Å². The smallest absolute Gasteiger partial charge is 0.255 e. The van der Waals surface area contributed by atoms with Crippen molar-refractivity contribution in [3.8, 4) is 0 Å². The Morgan fingerprint density at radius 3 is 2.25 bits per heavy atom. The summed E-state index contributed by atoms with van der Waals surface area (Å²) in [6.07, 6.45) is 2.23. The fourth-order valence-corrected chi connectivity index (χ4v) is 2.94. The maximum atomic E-state index is 12.5. The van der Waals surface area contributed by atoms with Crippen molar-refractivity contribution in [3.63, 3.8) is 0 Å². The molecule has 0 aromatic heterocycles. The van der Waals surface area contributed by atoms with E-state index in [9.17, 15) is 9.59 Å². The second-order valence-electron chi connectivity index (χ2n) is 5.75. The van der Waals surface area contributed by atoms with Crippen LogP contribution in [0.15, 0.2) is 42.5 Å². The third-order valence-corrected chi connectivity index (χ3v) is 4.33. The first kappa shape index (κ1) is 16.3. The van der Waals surface area contributed by atoms with Crippen LogP contribution in [0.3, 0.4) is 0 Å². The Labute approximate surface area is 145 Å². The van der Waals surface area contributed by atoms with Crippen LogP contribution in [0, 0.1) is 0 Å². The molecule has 0 spiro atoms. The van der Waals surface area contributed by atoms with Crippen molar-refractivity contribution in [1.82, 2.24) is 0 Å². The molecule has 1 saturated heterocycles. The van der Waals surface area contributed by atoms with Gasteiger partial charge >= 0.3 is 0 Å². The number of hydrogen-bond donors (Lipinski definition) is 2. The number of halogens is 1. The van der Waals surface area contributed by atoms with Gasteiger partial charge in [0.2, 0.25) is 5.91 Å². The predicted molar refractivity (Wildman–Crippen MR) is 95.8 cm³/mol. The minimum atomic E-state index is -0.523. The number of nitrogens with two attached hydrogens (primary N) is 1. The Morgan fingerprint density at radius 1 is 1.00 bits per heavy atom. The molecule has 2 amide bonds. The Balaban J connectivity index is 1.91. The van der Waals surface area contributed by atoms with Crippen LogP contribution in [0.4, 0.5) is 11.4 Å². The van der Waals surface area contributed by atoms with Gasteiger partial charge in [-0.25, -0.2) is 0 Å². The molecule has 1 heterocycles. The molecule has 2 aromatic carbocycles. The van der Waals surface area contributed by atoms with Gasteiger partial charge in [-0.15, -0.1) is 0 Å². The van der Waals surface area contributed by atoms with E-state index >= 15 is 0 Å². The normalized spacial score (nSPS) is 13.8. The van der Waals surface area contributed by atoms with Gasteiger partial charge in [0.05, 0.1) is 11.4 Å². The van der Waals surface area contributed by atoms with Gasteiger partial charge in [0.1, 0.15) is 0 Å². The summed E-state index contributed by atoms with van der Waals surface area (Å²) in [7, 11) is 0. The summed E-state index contributed by atoms with van der Waals surface area (Å²) in [6, 6.07) is 11.8. The molecule has 2 aromatic rings. The van der Waals surface area contributed by atoms with Crippen LogP contribution < -0.4 is 16.0 Å². The third-order valence-electron chi connectivity index (χ3n) is 4.08. The molecule has 24 heavy (non-hydrogen) atoms. The first-order valence-electron chi connectivity index (χ1n) is 7.80. The molecule has 124 valence electrons. The van der Waals surface area contributed by atoms with E-state index in [1.165, 1.54) is 0 Å². The van der Waals surface area contributed by atoms with E-state index in [2.05, 4.69) is 10.2 Å². The highest BCUT2D eigenvalue weighted by atomic mass is 35.5. The van der Waals surface area contributed by atoms with Crippen LogP contribution >= 0.6 is 11.6 Å². The average Bonchev–Trinajstić information content (AvgIpc) is 3.09. The molecule has 3 N–H and O–H groups in total. The second kappa shape index (κ2) is 6.93. The summed E-state index contributed by atoms with van der Waals surface area (Å²) < 4.78 is 0. The summed E-state index contributed by atoms with van der Waals surface area (Å²) in [4.78, 5) is 26.1. The molecule has 0 radical (unpaired) electrons. The summed E-state index contributed by atoms with van der Waals surface area (Å²) in [5.74, 6) is -0.779. The maximum Gasteiger partial charge on any atom is 0.255 e. The third kappa shape index (κ3) is 3.51. The molecule has 1 fully saturated rings. The molecule has 3 rings (SSSR count). The van der Waals surface area contributed by atoms with E-state index in [0.29, 0.717) is 21.8 Å². The van der Waals surface area contributed by atoms with Gasteiger partial charge in [0, 0.05) is 29.2 Å². The quantitative estimate of drug-likeness (QED) is 0.894. The van der Waals surface area contributed by atoms with E-state index in [0.717, 1.165) is 31.6 Å². The number of primary amides is 1. The van der Waals surface area contributed by atoms with E-state index in [-0.39, 0.29) is 5.91 Å². The second-order valence-corrected chi connectivity index (χ2v) is 6.19. The number of carbonyl (C=O) groups is 2. The average molecular weight is 344 g/mol. The number of rotatable bonds is 4. The Bertz CT molecular complexity index is 768. The largest absolute Gasteiger partial charge is 0.370 e. The van der Waals surface area contributed by atoms with Gasteiger partial charge in [0.25, 0.3) is 5.91 Å². The van der Waals surface area contributed by atoms with Crippen molar-refractivity contribution in [2.24, 2.45) is 5.73 Å². The molecule has 5 nitrogen and oxygen atoms in total. The summed E-state index contributed by atoms with van der Waals surface area (Å²) in [6.45, 7) is 1.86. The molecule has 0 aliphatic carbocycles. The first-order valence-corrected chi connectivity index (χ1v) is 8.18. The van der Waals surface area contributed by atoms with Crippen molar-refractivity contribution in [3.05, 3.63) is 58.6 Å². The molecule has 0 saturated carbocycles. The summed E-state index contributed by atoms with van der Waals surface area (Å²) in [5, 5.41) is 3.46. The van der Waals surface area contributed by atoms with Crippen LogP contribution in [0.2, 0.25) is 5.02 Å². The number of hydrogen-bond acceptors (Lipinski definition) is 3. The first-order chi connectivity index (χ1) is 11.5. The number of benzene rings is 2. The zero-order valence-electron chi connectivity index (χ0n) is 13.1. The lowest BCUT2D eigenvalue weighted by molar-refractivity contribution is 0.0996. The minimum absolute atomic E-state index is 0.256. The Kier molecular flexibility index (Phi) is 4.71. The Morgan fingerprint density at radius 2 is 1.62 bits per heavy atom. The predicted octanol–water partition coefficient (Wildman–Crippen LogP) is 3.29. The minimum Gasteiger partial charge on any atom is -0.370 e. The van der Waals surface area contributed by atoms with Crippen LogP contribution in [0.25, 0.3) is 0 Å². The van der Waals surface area contributed by atoms with Crippen molar-refractivity contribution < 1.29 is 9.59 Å². The lowest BCUT2D eigenvalue weighted by atomic mass is 10.1. The number of carbonyl (C=O) groups excluding carboxylic acids is 2. The number of amides is 2. The molecular weight excluding hydrogens is 326 g/mol. The van der Waals surface area contributed by atoms with Crippen molar-refractivity contribution in [2.75, 3.05) is 23.3 Å². The molecule has 6 heteroatoms. The van der Waals surface area contributed by atoms with Crippen molar-refractivity contribution >= 4 is 34.8 Å². The topological polar surface area (TPSA) is 75.4 Å². The zero-order valence-corrected chi connectivity index (χ0v) is 13.8. The van der Waals surface area contributed by atoms with Crippen LogP contribution in [0.1, 0.15) is 33.6 Å². The van der Waals surface area contributed by atoms with E-state index in [1.54, 1.807) is 36.4 Å². The maximum absolute atomic E-state index is 12.5. The lowest BCUT2D eigenvalue weighted by Gasteiger charge is -2.22. The van der Waals surface area contributed by atoms with Crippen LogP contribution in [0.5, 0.6) is 0 Å². The van der Waals surface area contributed by atoms with E-state index < -0.39 is 5.91 Å². The number of nitrogens with zero attached hydrogens (tertiary/aromatic N) is 1. The van der Waals surface area contributed by atoms with Crippen molar-refractivity contribution in [1.29, 1.82) is 0 Å². The molecule has 0 bridgehead atoms. The van der Waals surface area contributed by atoms with Gasteiger partial charge in [-0.1, -0.05) is 11.6 Å². The lowest BCUT2D eigenvalue weighted by Crippen LogP contribution is -2.22. The van der Waals surface area contributed by atoms with E-state index in [1.807, 2.05) is 6.07 Å². The van der Waals surface area contributed by atoms with Gasteiger partial charge in [-0.05, 0) is 55.3 Å². The SMILES string of the molecule is NC(=O)c1ccc(N2CCCC2)c(NC(=O)c2ccc(Cl)cc2)c1. The molecule has 0 atom stereocenters. The summed E-state index contributed by atoms with van der Waals surface area (Å²) in [5.41, 5.74) is 7.72. The summed E-state index contributed by atoms with van der Waals surface area (Å²) >= 11 is 5.85. The molecule has 1 aliphatic heterocycles. The van der Waals surface area contributed by atoms with Crippen LogP contribution in [-0.4, -0.2) is 24.9 Å².